The van der Waals surface area contributed by atoms with Crippen LogP contribution in [0.1, 0.15) is 5.56 Å². The average Bonchev–Trinajstić information content (AvgIpc) is 2.42. The van der Waals surface area contributed by atoms with Crippen LogP contribution >= 0.6 is 11.6 Å². The maximum Gasteiger partial charge on any atom is 0.121 e. The smallest absolute Gasteiger partial charge is 0.121 e. The molecule has 0 aliphatic heterocycles. The highest BCUT2D eigenvalue weighted by atomic mass is 35.5. The van der Waals surface area contributed by atoms with Crippen molar-refractivity contribution in [2.45, 2.75) is 0 Å². The van der Waals surface area contributed by atoms with E-state index in [-0.39, 0.29) is 0 Å². The maximum atomic E-state index is 8.72. The van der Waals surface area contributed by atoms with Gasteiger partial charge in [0.1, 0.15) is 5.75 Å². The Morgan fingerprint density at radius 2 is 1.89 bits per heavy atom. The monoisotopic (exact) mass is 258 g/mol. The minimum absolute atomic E-state index is 0.611. The molecule has 90 valence electrons. The van der Waals surface area contributed by atoms with Gasteiger partial charge in [-0.05, 0) is 36.4 Å². The van der Waals surface area contributed by atoms with Crippen molar-refractivity contribution >= 4 is 23.0 Å². The summed E-state index contributed by atoms with van der Waals surface area (Å²) in [7, 11) is 1.61. The molecule has 0 unspecified atom stereocenters. The number of halogens is 1. The highest BCUT2D eigenvalue weighted by molar-refractivity contribution is 6.33. The predicted molar refractivity (Wildman–Crippen MR) is 72.4 cm³/mol. The largest absolute Gasteiger partial charge is 0.497 e. The van der Waals surface area contributed by atoms with Gasteiger partial charge in [0, 0.05) is 11.8 Å². The number of hydrogen-bond donors (Lipinski definition) is 1. The van der Waals surface area contributed by atoms with Crippen LogP contribution in [-0.4, -0.2) is 7.11 Å². The van der Waals surface area contributed by atoms with Gasteiger partial charge in [-0.2, -0.15) is 5.26 Å². The highest BCUT2D eigenvalue weighted by Crippen LogP contribution is 2.29. The van der Waals surface area contributed by atoms with Crippen LogP contribution in [0.4, 0.5) is 11.4 Å². The molecule has 0 aromatic heterocycles. The number of ether oxygens (including phenoxy) is 1. The van der Waals surface area contributed by atoms with Crippen LogP contribution in [0.15, 0.2) is 42.5 Å². The number of anilines is 2. The zero-order valence-corrected chi connectivity index (χ0v) is 10.5. The van der Waals surface area contributed by atoms with Gasteiger partial charge >= 0.3 is 0 Å². The number of hydrogen-bond acceptors (Lipinski definition) is 3. The molecular weight excluding hydrogens is 248 g/mol. The molecule has 0 bridgehead atoms. The maximum absolute atomic E-state index is 8.72. The fraction of sp³-hybridized carbons (Fsp3) is 0.0714. The van der Waals surface area contributed by atoms with Crippen LogP contribution in [0, 0.1) is 11.3 Å². The summed E-state index contributed by atoms with van der Waals surface area (Å²) < 4.78 is 5.14. The molecule has 0 radical (unpaired) electrons. The van der Waals surface area contributed by atoms with Gasteiger partial charge in [-0.1, -0.05) is 11.6 Å². The molecule has 2 aromatic carbocycles. The molecule has 0 amide bonds. The van der Waals surface area contributed by atoms with Crippen LogP contribution in [0.25, 0.3) is 0 Å². The molecule has 0 saturated carbocycles. The number of nitrogens with zero attached hydrogens (tertiary/aromatic N) is 1. The Bertz CT molecular complexity index is 588. The fourth-order valence-electron chi connectivity index (χ4n) is 1.51. The van der Waals surface area contributed by atoms with Crippen LogP contribution in [0.5, 0.6) is 5.75 Å². The molecule has 0 heterocycles. The Hall–Kier alpha value is -2.18. The predicted octanol–water partition coefficient (Wildman–Crippen LogP) is 3.96. The summed E-state index contributed by atoms with van der Waals surface area (Å²) >= 11 is 6.09. The Morgan fingerprint density at radius 3 is 2.50 bits per heavy atom. The zero-order chi connectivity index (χ0) is 13.0. The highest BCUT2D eigenvalue weighted by Gasteiger charge is 2.03. The van der Waals surface area contributed by atoms with Gasteiger partial charge in [0.25, 0.3) is 0 Å². The molecule has 2 rings (SSSR count). The Balaban J connectivity index is 2.25. The Labute approximate surface area is 111 Å². The van der Waals surface area contributed by atoms with E-state index in [1.165, 1.54) is 0 Å². The first-order valence-electron chi connectivity index (χ1n) is 5.33. The number of methoxy groups -OCH3 is 1. The lowest BCUT2D eigenvalue weighted by molar-refractivity contribution is 0.415. The molecule has 1 N–H and O–H groups in total. The Kier molecular flexibility index (Phi) is 3.71. The minimum atomic E-state index is 0.611. The van der Waals surface area contributed by atoms with Crippen molar-refractivity contribution in [3.05, 3.63) is 53.1 Å². The van der Waals surface area contributed by atoms with Crippen molar-refractivity contribution in [3.63, 3.8) is 0 Å². The van der Waals surface area contributed by atoms with E-state index in [0.717, 1.165) is 17.1 Å². The topological polar surface area (TPSA) is 45.0 Å². The van der Waals surface area contributed by atoms with Crippen LogP contribution in [0.3, 0.4) is 0 Å². The number of nitrogens with one attached hydrogen (secondary N) is 1. The average molecular weight is 259 g/mol. The second kappa shape index (κ2) is 5.44. The molecule has 0 spiro atoms. The molecule has 18 heavy (non-hydrogen) atoms. The Morgan fingerprint density at radius 1 is 1.17 bits per heavy atom. The molecule has 2 aromatic rings. The summed E-state index contributed by atoms with van der Waals surface area (Å²) in [6.45, 7) is 0. The normalized spacial score (nSPS) is 9.61. The van der Waals surface area contributed by atoms with Gasteiger partial charge < -0.3 is 10.1 Å². The lowest BCUT2D eigenvalue weighted by atomic mass is 10.2. The fourth-order valence-corrected chi connectivity index (χ4v) is 1.68. The van der Waals surface area contributed by atoms with Gasteiger partial charge in [0.05, 0.1) is 29.5 Å². The standard InChI is InChI=1S/C14H11ClN2O/c1-18-12-6-7-13(15)14(8-12)17-11-4-2-10(9-16)3-5-11/h2-8,17H,1H3. The van der Waals surface area contributed by atoms with Gasteiger partial charge in [0.15, 0.2) is 0 Å². The summed E-state index contributed by atoms with van der Waals surface area (Å²) in [4.78, 5) is 0. The van der Waals surface area contributed by atoms with Crippen molar-refractivity contribution in [1.82, 2.24) is 0 Å². The quantitative estimate of drug-likeness (QED) is 0.906. The molecule has 4 heteroatoms. The summed E-state index contributed by atoms with van der Waals surface area (Å²) in [5.41, 5.74) is 2.25. The zero-order valence-electron chi connectivity index (χ0n) is 9.77. The van der Waals surface area contributed by atoms with Crippen LogP contribution in [-0.2, 0) is 0 Å². The van der Waals surface area contributed by atoms with E-state index in [2.05, 4.69) is 11.4 Å². The molecule has 0 fully saturated rings. The second-order valence-electron chi connectivity index (χ2n) is 3.66. The third-order valence-corrected chi connectivity index (χ3v) is 2.80. The number of rotatable bonds is 3. The van der Waals surface area contributed by atoms with Crippen molar-refractivity contribution in [3.8, 4) is 11.8 Å². The number of nitriles is 1. The van der Waals surface area contributed by atoms with Crippen LogP contribution in [0.2, 0.25) is 5.02 Å². The summed E-state index contributed by atoms with van der Waals surface area (Å²) in [6, 6.07) is 14.6. The van der Waals surface area contributed by atoms with Crippen LogP contribution < -0.4 is 10.1 Å². The molecule has 0 aliphatic rings. The van der Waals surface area contributed by atoms with Crippen molar-refractivity contribution < 1.29 is 4.74 Å². The first-order chi connectivity index (χ1) is 8.72. The van der Waals surface area contributed by atoms with Gasteiger partial charge in [-0.25, -0.2) is 0 Å². The summed E-state index contributed by atoms with van der Waals surface area (Å²) in [5, 5.41) is 12.5. The third kappa shape index (κ3) is 2.73. The first-order valence-corrected chi connectivity index (χ1v) is 5.71. The van der Waals surface area contributed by atoms with Crippen molar-refractivity contribution in [1.29, 1.82) is 5.26 Å². The summed E-state index contributed by atoms with van der Waals surface area (Å²) in [6.07, 6.45) is 0. The lowest BCUT2D eigenvalue weighted by Crippen LogP contribution is -1.92. The molecule has 0 atom stereocenters. The van der Waals surface area contributed by atoms with Crippen molar-refractivity contribution in [2.75, 3.05) is 12.4 Å². The molecular formula is C14H11ClN2O. The molecule has 0 aliphatic carbocycles. The third-order valence-electron chi connectivity index (χ3n) is 2.47. The molecule has 0 saturated heterocycles. The second-order valence-corrected chi connectivity index (χ2v) is 4.07. The van der Waals surface area contributed by atoms with Gasteiger partial charge in [-0.15, -0.1) is 0 Å². The van der Waals surface area contributed by atoms with E-state index < -0.39 is 0 Å². The first kappa shape index (κ1) is 12.3. The van der Waals surface area contributed by atoms with E-state index in [9.17, 15) is 0 Å². The van der Waals surface area contributed by atoms with Gasteiger partial charge in [0.2, 0.25) is 0 Å². The van der Waals surface area contributed by atoms with E-state index in [1.807, 2.05) is 18.2 Å². The van der Waals surface area contributed by atoms with E-state index >= 15 is 0 Å². The SMILES string of the molecule is COc1ccc(Cl)c(Nc2ccc(C#N)cc2)c1. The van der Waals surface area contributed by atoms with E-state index in [1.54, 1.807) is 31.4 Å². The van der Waals surface area contributed by atoms with Gasteiger partial charge in [-0.3, -0.25) is 0 Å². The molecule has 3 nitrogen and oxygen atoms in total. The van der Waals surface area contributed by atoms with Crippen molar-refractivity contribution in [2.24, 2.45) is 0 Å². The summed E-state index contributed by atoms with van der Waals surface area (Å²) in [5.74, 6) is 0.732. The van der Waals surface area contributed by atoms with E-state index in [0.29, 0.717) is 10.6 Å². The minimum Gasteiger partial charge on any atom is -0.497 e. The lowest BCUT2D eigenvalue weighted by Gasteiger charge is -2.10. The number of benzene rings is 2. The van der Waals surface area contributed by atoms with E-state index in [4.69, 9.17) is 21.6 Å².